The van der Waals surface area contributed by atoms with Crippen LogP contribution in [0.15, 0.2) is 16.5 Å². The van der Waals surface area contributed by atoms with E-state index in [9.17, 15) is 22.0 Å². The quantitative estimate of drug-likeness (QED) is 0.376. The van der Waals surface area contributed by atoms with Gasteiger partial charge in [-0.3, -0.25) is 5.43 Å². The summed E-state index contributed by atoms with van der Waals surface area (Å²) >= 11 is 6.63. The Morgan fingerprint density at radius 1 is 1.32 bits per heavy atom. The summed E-state index contributed by atoms with van der Waals surface area (Å²) in [5, 5.41) is 4.66. The maximum Gasteiger partial charge on any atom is 0.419 e. The molecule has 0 aliphatic rings. The second-order valence-corrected chi connectivity index (χ2v) is 5.16. The number of hydrazone groups is 1. The number of alkyl halides is 3. The molecule has 0 fully saturated rings. The zero-order chi connectivity index (χ0) is 16.5. The van der Waals surface area contributed by atoms with Crippen LogP contribution in [-0.2, 0) is 6.18 Å². The van der Waals surface area contributed by atoms with Crippen molar-refractivity contribution in [2.24, 2.45) is 5.10 Å². The lowest BCUT2D eigenvalue weighted by atomic mass is 10.1. The second-order valence-electron chi connectivity index (χ2n) is 3.89. The summed E-state index contributed by atoms with van der Waals surface area (Å²) in [4.78, 5) is 3.77. The van der Waals surface area contributed by atoms with Crippen LogP contribution in [0.2, 0.25) is 5.02 Å². The van der Waals surface area contributed by atoms with Gasteiger partial charge in [0.2, 0.25) is 5.13 Å². The average Bonchev–Trinajstić information content (AvgIpc) is 2.82. The fourth-order valence-corrected chi connectivity index (χ4v) is 2.21. The molecule has 0 spiro atoms. The van der Waals surface area contributed by atoms with Gasteiger partial charge in [0.1, 0.15) is 5.82 Å². The number of nitrogens with two attached hydrogens (primary N) is 1. The molecule has 11 heteroatoms. The highest BCUT2D eigenvalue weighted by molar-refractivity contribution is 7.14. The van der Waals surface area contributed by atoms with Gasteiger partial charge in [-0.15, -0.1) is 11.3 Å². The van der Waals surface area contributed by atoms with Crippen LogP contribution >= 0.6 is 22.9 Å². The number of anilines is 2. The molecule has 1 aromatic carbocycles. The monoisotopic (exact) mass is 356 g/mol. The maximum atomic E-state index is 13.7. The first-order valence-electron chi connectivity index (χ1n) is 5.45. The number of thiazole rings is 1. The highest BCUT2D eigenvalue weighted by Gasteiger charge is 2.37. The SMILES string of the molecule is Nc1csc(NN=Cc2c(Cl)cc(C(F)(F)F)c(F)c2F)n1. The molecule has 0 aliphatic heterocycles. The third-order valence-electron chi connectivity index (χ3n) is 2.38. The summed E-state index contributed by atoms with van der Waals surface area (Å²) < 4.78 is 64.6. The Labute approximate surface area is 129 Å². The summed E-state index contributed by atoms with van der Waals surface area (Å²) in [5.74, 6) is -3.56. The molecule has 1 heterocycles. The Bertz CT molecular complexity index is 728. The van der Waals surface area contributed by atoms with Crippen molar-refractivity contribution in [2.75, 3.05) is 11.2 Å². The van der Waals surface area contributed by atoms with Crippen LogP contribution in [0.3, 0.4) is 0 Å². The van der Waals surface area contributed by atoms with Crippen LogP contribution in [-0.4, -0.2) is 11.2 Å². The smallest absolute Gasteiger partial charge is 0.383 e. The van der Waals surface area contributed by atoms with Crippen molar-refractivity contribution in [3.05, 3.63) is 39.2 Å². The van der Waals surface area contributed by atoms with Crippen LogP contribution in [0.25, 0.3) is 0 Å². The molecular weight excluding hydrogens is 351 g/mol. The average molecular weight is 357 g/mol. The number of hydrogen-bond donors (Lipinski definition) is 2. The van der Waals surface area contributed by atoms with Gasteiger partial charge in [0.25, 0.3) is 0 Å². The van der Waals surface area contributed by atoms with E-state index in [0.717, 1.165) is 17.6 Å². The molecule has 0 saturated carbocycles. The maximum absolute atomic E-state index is 13.7. The summed E-state index contributed by atoms with van der Waals surface area (Å²) in [5.41, 5.74) is 5.31. The van der Waals surface area contributed by atoms with Gasteiger partial charge in [-0.05, 0) is 6.07 Å². The number of nitrogens with zero attached hydrogens (tertiary/aromatic N) is 2. The number of nitrogen functional groups attached to an aromatic ring is 1. The Morgan fingerprint density at radius 2 is 2.00 bits per heavy atom. The first-order chi connectivity index (χ1) is 10.2. The van der Waals surface area contributed by atoms with Crippen molar-refractivity contribution in [2.45, 2.75) is 6.18 Å². The van der Waals surface area contributed by atoms with E-state index in [-0.39, 0.29) is 10.9 Å². The second kappa shape index (κ2) is 6.05. The van der Waals surface area contributed by atoms with Crippen molar-refractivity contribution in [3.63, 3.8) is 0 Å². The normalized spacial score (nSPS) is 12.1. The van der Waals surface area contributed by atoms with Gasteiger partial charge in [0.15, 0.2) is 11.6 Å². The zero-order valence-electron chi connectivity index (χ0n) is 10.4. The Hall–Kier alpha value is -1.94. The lowest BCUT2D eigenvalue weighted by Gasteiger charge is -2.11. The number of benzene rings is 1. The van der Waals surface area contributed by atoms with Crippen LogP contribution in [0, 0.1) is 11.6 Å². The summed E-state index contributed by atoms with van der Waals surface area (Å²) in [7, 11) is 0. The molecule has 0 aliphatic carbocycles. The van der Waals surface area contributed by atoms with E-state index in [1.807, 2.05) is 0 Å². The summed E-state index contributed by atoms with van der Waals surface area (Å²) in [6, 6.07) is 0.294. The summed E-state index contributed by atoms with van der Waals surface area (Å²) in [6.45, 7) is 0. The zero-order valence-corrected chi connectivity index (χ0v) is 12.0. The molecule has 3 N–H and O–H groups in total. The van der Waals surface area contributed by atoms with Crippen molar-refractivity contribution >= 4 is 40.1 Å². The molecule has 0 unspecified atom stereocenters. The highest BCUT2D eigenvalue weighted by Crippen LogP contribution is 2.35. The molecule has 1 aromatic heterocycles. The third-order valence-corrected chi connectivity index (χ3v) is 3.45. The van der Waals surface area contributed by atoms with E-state index >= 15 is 0 Å². The minimum atomic E-state index is -5.05. The van der Waals surface area contributed by atoms with E-state index < -0.39 is 34.0 Å². The largest absolute Gasteiger partial charge is 0.419 e. The van der Waals surface area contributed by atoms with Crippen LogP contribution in [0.5, 0.6) is 0 Å². The summed E-state index contributed by atoms with van der Waals surface area (Å²) in [6.07, 6.45) is -4.31. The van der Waals surface area contributed by atoms with Crippen LogP contribution < -0.4 is 11.2 Å². The first-order valence-corrected chi connectivity index (χ1v) is 6.70. The number of nitrogens with one attached hydrogen (secondary N) is 1. The van der Waals surface area contributed by atoms with Crippen molar-refractivity contribution in [3.8, 4) is 0 Å². The van der Waals surface area contributed by atoms with Gasteiger partial charge in [-0.1, -0.05) is 11.6 Å². The predicted molar refractivity (Wildman–Crippen MR) is 74.1 cm³/mol. The molecule has 0 atom stereocenters. The van der Waals surface area contributed by atoms with Crippen molar-refractivity contribution in [1.29, 1.82) is 0 Å². The van der Waals surface area contributed by atoms with Gasteiger partial charge < -0.3 is 5.73 Å². The van der Waals surface area contributed by atoms with Gasteiger partial charge in [0.05, 0.1) is 22.4 Å². The Kier molecular flexibility index (Phi) is 4.52. The predicted octanol–water partition coefficient (Wildman–Crippen LogP) is 4.12. The molecule has 2 aromatic rings. The number of halogens is 6. The van der Waals surface area contributed by atoms with Gasteiger partial charge in [-0.2, -0.15) is 18.3 Å². The standard InChI is InChI=1S/C11H6ClF5N4S/c12-6-1-5(11(15,16)17)9(14)8(13)4(6)2-19-21-10-20-7(18)3-22-10/h1-3H,18H2,(H,20,21). The van der Waals surface area contributed by atoms with Crippen molar-refractivity contribution < 1.29 is 22.0 Å². The molecule has 0 radical (unpaired) electrons. The lowest BCUT2D eigenvalue weighted by molar-refractivity contribution is -0.140. The van der Waals surface area contributed by atoms with E-state index in [1.165, 1.54) is 5.38 Å². The molecule has 0 bridgehead atoms. The van der Waals surface area contributed by atoms with Gasteiger partial charge >= 0.3 is 6.18 Å². The molecule has 4 nitrogen and oxygen atoms in total. The molecule has 22 heavy (non-hydrogen) atoms. The molecule has 0 saturated heterocycles. The Morgan fingerprint density at radius 3 is 2.55 bits per heavy atom. The van der Waals surface area contributed by atoms with Crippen LogP contribution in [0.4, 0.5) is 32.9 Å². The number of aromatic nitrogens is 1. The molecular formula is C11H6ClF5N4S. The lowest BCUT2D eigenvalue weighted by Crippen LogP contribution is -2.11. The van der Waals surface area contributed by atoms with E-state index in [2.05, 4.69) is 15.5 Å². The third kappa shape index (κ3) is 3.45. The minimum Gasteiger partial charge on any atom is -0.383 e. The number of hydrogen-bond acceptors (Lipinski definition) is 5. The van der Waals surface area contributed by atoms with Crippen molar-refractivity contribution in [1.82, 2.24) is 4.98 Å². The fraction of sp³-hybridized carbons (Fsp3) is 0.0909. The van der Waals surface area contributed by atoms with Gasteiger partial charge in [0, 0.05) is 5.38 Å². The Balaban J connectivity index is 2.30. The van der Waals surface area contributed by atoms with Crippen LogP contribution in [0.1, 0.15) is 11.1 Å². The van der Waals surface area contributed by atoms with E-state index in [1.54, 1.807) is 0 Å². The van der Waals surface area contributed by atoms with E-state index in [0.29, 0.717) is 6.07 Å². The number of rotatable bonds is 3. The molecule has 0 amide bonds. The van der Waals surface area contributed by atoms with Gasteiger partial charge in [-0.25, -0.2) is 13.8 Å². The molecule has 118 valence electrons. The van der Waals surface area contributed by atoms with E-state index in [4.69, 9.17) is 17.3 Å². The first kappa shape index (κ1) is 16.4. The minimum absolute atomic E-state index is 0.229. The fourth-order valence-electron chi connectivity index (χ4n) is 1.42. The molecule has 2 rings (SSSR count). The topological polar surface area (TPSA) is 63.3 Å². The highest BCUT2D eigenvalue weighted by atomic mass is 35.5.